The van der Waals surface area contributed by atoms with Gasteiger partial charge >= 0.3 is 0 Å². The summed E-state index contributed by atoms with van der Waals surface area (Å²) in [5.74, 6) is -0.330. The Morgan fingerprint density at radius 2 is 1.96 bits per heavy atom. The first kappa shape index (κ1) is 16.6. The van der Waals surface area contributed by atoms with Crippen molar-refractivity contribution in [2.75, 3.05) is 13.7 Å². The molecule has 0 fully saturated rings. The van der Waals surface area contributed by atoms with E-state index in [1.165, 1.54) is 12.0 Å². The number of hydrogen-bond donors (Lipinski definition) is 0. The number of rotatable bonds is 7. The van der Waals surface area contributed by atoms with Crippen LogP contribution in [0.5, 0.6) is 0 Å². The molecule has 2 aromatic rings. The number of carbonyl (C=O) groups is 1. The molecule has 1 heterocycles. The van der Waals surface area contributed by atoms with Crippen LogP contribution in [0, 0.1) is 0 Å². The summed E-state index contributed by atoms with van der Waals surface area (Å²) in [5, 5.41) is 0. The second-order valence-corrected chi connectivity index (χ2v) is 4.78. The molecule has 0 aliphatic rings. The summed E-state index contributed by atoms with van der Waals surface area (Å²) in [6.07, 6.45) is 5.10. The molecule has 0 spiro atoms. The summed E-state index contributed by atoms with van der Waals surface area (Å²) >= 11 is 0. The fraction of sp³-hybridized carbons (Fsp3) is 0.167. The molecule has 1 radical (unpaired) electrons. The molecule has 5 nitrogen and oxygen atoms in total. The molecule has 0 saturated heterocycles. The average molecular weight is 309 g/mol. The summed E-state index contributed by atoms with van der Waals surface area (Å²) in [6, 6.07) is 14.7. The van der Waals surface area contributed by atoms with Crippen LogP contribution >= 0.6 is 0 Å². The lowest BCUT2D eigenvalue weighted by atomic mass is 10.2. The van der Waals surface area contributed by atoms with Gasteiger partial charge < -0.3 is 9.64 Å². The molecule has 117 valence electrons. The van der Waals surface area contributed by atoms with Gasteiger partial charge in [0.25, 0.3) is 12.2 Å². The number of pyridine rings is 1. The van der Waals surface area contributed by atoms with Gasteiger partial charge in [-0.25, -0.2) is 0 Å². The van der Waals surface area contributed by atoms with Crippen molar-refractivity contribution < 1.29 is 14.3 Å². The lowest BCUT2D eigenvalue weighted by Crippen LogP contribution is -2.33. The van der Waals surface area contributed by atoms with Crippen LogP contribution in [0.2, 0.25) is 0 Å². The van der Waals surface area contributed by atoms with Gasteiger partial charge in [-0.05, 0) is 23.8 Å². The van der Waals surface area contributed by atoms with Crippen molar-refractivity contribution in [3.05, 3.63) is 71.7 Å². The molecular formula is C18H17N2O3. The molecule has 0 aliphatic carbocycles. The summed E-state index contributed by atoms with van der Waals surface area (Å²) in [5.41, 5.74) is 1.62. The Morgan fingerprint density at radius 1 is 1.22 bits per heavy atom. The van der Waals surface area contributed by atoms with E-state index in [4.69, 9.17) is 4.74 Å². The highest BCUT2D eigenvalue weighted by molar-refractivity contribution is 5.90. The summed E-state index contributed by atoms with van der Waals surface area (Å²) in [6.45, 7) is 0.0532. The highest BCUT2D eigenvalue weighted by Crippen LogP contribution is 2.13. The van der Waals surface area contributed by atoms with Crippen molar-refractivity contribution in [1.82, 2.24) is 9.88 Å². The second-order valence-electron chi connectivity index (χ2n) is 4.78. The van der Waals surface area contributed by atoms with Crippen molar-refractivity contribution in [3.63, 3.8) is 0 Å². The summed E-state index contributed by atoms with van der Waals surface area (Å²) in [7, 11) is 1.43. The number of methoxy groups -OCH3 is 1. The molecule has 23 heavy (non-hydrogen) atoms. The van der Waals surface area contributed by atoms with E-state index in [1.807, 2.05) is 42.7 Å². The fourth-order valence-corrected chi connectivity index (χ4v) is 2.03. The number of carbonyl (C=O) groups excluding carboxylic acids is 2. The zero-order valence-corrected chi connectivity index (χ0v) is 12.8. The number of amides is 1. The van der Waals surface area contributed by atoms with E-state index in [2.05, 4.69) is 4.98 Å². The van der Waals surface area contributed by atoms with Gasteiger partial charge in [0.1, 0.15) is 6.61 Å². The molecule has 0 bridgehead atoms. The first-order valence-electron chi connectivity index (χ1n) is 7.08. The Morgan fingerprint density at radius 3 is 2.57 bits per heavy atom. The van der Waals surface area contributed by atoms with Gasteiger partial charge in [0.15, 0.2) is 0 Å². The maximum Gasteiger partial charge on any atom is 0.253 e. The number of hydrogen-bond acceptors (Lipinski definition) is 4. The smallest absolute Gasteiger partial charge is 0.253 e. The highest BCUT2D eigenvalue weighted by Gasteiger charge is 2.19. The van der Waals surface area contributed by atoms with Crippen molar-refractivity contribution in [2.45, 2.75) is 6.54 Å². The maximum absolute atomic E-state index is 12.3. The van der Waals surface area contributed by atoms with Crippen LogP contribution in [-0.4, -0.2) is 35.8 Å². The SMILES string of the molecule is COCC(=O)N(Cc1ccccn1)C([C]=O)=Cc1ccccc1. The lowest BCUT2D eigenvalue weighted by molar-refractivity contribution is -0.133. The molecule has 5 heteroatoms. The van der Waals surface area contributed by atoms with Crippen LogP contribution in [0.4, 0.5) is 0 Å². The van der Waals surface area contributed by atoms with Crippen LogP contribution < -0.4 is 0 Å². The first-order valence-corrected chi connectivity index (χ1v) is 7.08. The van der Waals surface area contributed by atoms with E-state index >= 15 is 0 Å². The largest absolute Gasteiger partial charge is 0.375 e. The minimum absolute atomic E-state index is 0.124. The van der Waals surface area contributed by atoms with Gasteiger partial charge in [-0.3, -0.25) is 14.6 Å². The molecule has 1 amide bonds. The third-order valence-corrected chi connectivity index (χ3v) is 3.11. The summed E-state index contributed by atoms with van der Waals surface area (Å²) < 4.78 is 4.90. The topological polar surface area (TPSA) is 59.5 Å². The zero-order chi connectivity index (χ0) is 16.5. The maximum atomic E-state index is 12.3. The minimum atomic E-state index is -0.330. The van der Waals surface area contributed by atoms with E-state index in [1.54, 1.807) is 24.4 Å². The standard InChI is InChI=1S/C18H17N2O3/c1-23-14-18(22)20(12-16-9-5-6-10-19-16)17(13-21)11-15-7-3-2-4-8-15/h2-11H,12,14H2,1H3. The van der Waals surface area contributed by atoms with Gasteiger partial charge in [-0.15, -0.1) is 0 Å². The van der Waals surface area contributed by atoms with Crippen molar-refractivity contribution >= 4 is 18.3 Å². The molecule has 0 unspecified atom stereocenters. The molecule has 1 aromatic carbocycles. The monoisotopic (exact) mass is 309 g/mol. The second kappa shape index (κ2) is 8.60. The lowest BCUT2D eigenvalue weighted by Gasteiger charge is -2.21. The number of benzene rings is 1. The van der Waals surface area contributed by atoms with Crippen LogP contribution in [-0.2, 0) is 20.9 Å². The van der Waals surface area contributed by atoms with E-state index in [0.717, 1.165) is 5.56 Å². The molecule has 0 N–H and O–H groups in total. The number of ether oxygens (including phenoxy) is 1. The molecule has 2 rings (SSSR count). The molecule has 1 aromatic heterocycles. The third kappa shape index (κ3) is 4.86. The van der Waals surface area contributed by atoms with Gasteiger partial charge in [0, 0.05) is 13.3 Å². The van der Waals surface area contributed by atoms with E-state index in [0.29, 0.717) is 5.69 Å². The van der Waals surface area contributed by atoms with Gasteiger partial charge in [-0.1, -0.05) is 36.4 Å². The number of allylic oxidation sites excluding steroid dienone is 1. The van der Waals surface area contributed by atoms with Gasteiger partial charge in [-0.2, -0.15) is 0 Å². The molecular weight excluding hydrogens is 292 g/mol. The number of aromatic nitrogens is 1. The quantitative estimate of drug-likeness (QED) is 0.736. The van der Waals surface area contributed by atoms with Crippen LogP contribution in [0.1, 0.15) is 11.3 Å². The Hall–Kier alpha value is -2.79. The van der Waals surface area contributed by atoms with Crippen molar-refractivity contribution in [3.8, 4) is 0 Å². The van der Waals surface area contributed by atoms with Crippen molar-refractivity contribution in [2.24, 2.45) is 0 Å². The Kier molecular flexibility index (Phi) is 6.20. The predicted octanol–water partition coefficient (Wildman–Crippen LogP) is 2.21. The van der Waals surface area contributed by atoms with Crippen LogP contribution in [0.25, 0.3) is 6.08 Å². The van der Waals surface area contributed by atoms with Crippen molar-refractivity contribution in [1.29, 1.82) is 0 Å². The normalized spacial score (nSPS) is 11.1. The van der Waals surface area contributed by atoms with E-state index in [9.17, 15) is 9.59 Å². The van der Waals surface area contributed by atoms with Gasteiger partial charge in [0.2, 0.25) is 0 Å². The molecule has 0 atom stereocenters. The fourth-order valence-electron chi connectivity index (χ4n) is 2.03. The average Bonchev–Trinajstić information content (AvgIpc) is 2.60. The van der Waals surface area contributed by atoms with E-state index in [-0.39, 0.29) is 24.8 Å². The third-order valence-electron chi connectivity index (χ3n) is 3.11. The van der Waals surface area contributed by atoms with Gasteiger partial charge in [0.05, 0.1) is 17.9 Å². The van der Waals surface area contributed by atoms with Crippen LogP contribution in [0.3, 0.4) is 0 Å². The minimum Gasteiger partial charge on any atom is -0.375 e. The highest BCUT2D eigenvalue weighted by atomic mass is 16.5. The van der Waals surface area contributed by atoms with E-state index < -0.39 is 0 Å². The number of nitrogens with zero attached hydrogens (tertiary/aromatic N) is 2. The van der Waals surface area contributed by atoms with Crippen LogP contribution in [0.15, 0.2) is 60.4 Å². The molecule has 0 saturated carbocycles. The molecule has 0 aliphatic heterocycles. The first-order chi connectivity index (χ1) is 11.2. The Bertz CT molecular complexity index is 669. The zero-order valence-electron chi connectivity index (χ0n) is 12.8. The Labute approximate surface area is 135 Å². The Balaban J connectivity index is 2.32. The predicted molar refractivity (Wildman–Crippen MR) is 86.8 cm³/mol. The summed E-state index contributed by atoms with van der Waals surface area (Å²) in [4.78, 5) is 29.2.